The molecule has 2 heterocycles. The third kappa shape index (κ3) is 3.36. The molecule has 0 radical (unpaired) electrons. The molecule has 1 saturated heterocycles. The third-order valence-corrected chi connectivity index (χ3v) is 6.53. The average molecular weight is 400 g/mol. The van der Waals surface area contributed by atoms with Crippen molar-refractivity contribution < 1.29 is 22.6 Å². The standard InChI is InChI=1S/C20H20N2O5S/c1-25-15-8-9-19(18(11-15)26-2)28(23,24)22-12-16(13-22)27-20-10-7-14-5-3-4-6-17(14)21-20/h3-11,16H,12-13H2,1-2H3. The maximum Gasteiger partial charge on any atom is 0.247 e. The lowest BCUT2D eigenvalue weighted by Gasteiger charge is -2.37. The Balaban J connectivity index is 1.46. The van der Waals surface area contributed by atoms with E-state index < -0.39 is 10.0 Å². The number of aromatic nitrogens is 1. The molecular formula is C20H20N2O5S. The first-order valence-corrected chi connectivity index (χ1v) is 10.2. The van der Waals surface area contributed by atoms with Crippen LogP contribution in [0.25, 0.3) is 10.9 Å². The van der Waals surface area contributed by atoms with Gasteiger partial charge in [0, 0.05) is 17.5 Å². The van der Waals surface area contributed by atoms with Crippen LogP contribution in [-0.4, -0.2) is 51.1 Å². The monoisotopic (exact) mass is 400 g/mol. The topological polar surface area (TPSA) is 78.0 Å². The Hall–Kier alpha value is -2.84. The minimum absolute atomic E-state index is 0.109. The molecule has 0 N–H and O–H groups in total. The molecule has 0 aliphatic carbocycles. The Morgan fingerprint density at radius 1 is 1.00 bits per heavy atom. The van der Waals surface area contributed by atoms with Gasteiger partial charge in [-0.05, 0) is 24.3 Å². The van der Waals surface area contributed by atoms with Crippen molar-refractivity contribution in [2.24, 2.45) is 0 Å². The maximum atomic E-state index is 12.9. The number of ether oxygens (including phenoxy) is 3. The predicted octanol–water partition coefficient (Wildman–Crippen LogP) is 2.70. The molecule has 1 fully saturated rings. The summed E-state index contributed by atoms with van der Waals surface area (Å²) in [6.45, 7) is 0.512. The van der Waals surface area contributed by atoms with Gasteiger partial charge in [-0.25, -0.2) is 13.4 Å². The van der Waals surface area contributed by atoms with Crippen LogP contribution in [-0.2, 0) is 10.0 Å². The average Bonchev–Trinajstić information content (AvgIpc) is 2.69. The molecule has 2 aromatic carbocycles. The molecule has 146 valence electrons. The van der Waals surface area contributed by atoms with E-state index in [4.69, 9.17) is 14.2 Å². The third-order valence-electron chi connectivity index (χ3n) is 4.66. The molecule has 0 atom stereocenters. The second kappa shape index (κ2) is 7.29. The maximum absolute atomic E-state index is 12.9. The number of para-hydroxylation sites is 1. The molecule has 1 aliphatic heterocycles. The van der Waals surface area contributed by atoms with Crippen LogP contribution >= 0.6 is 0 Å². The van der Waals surface area contributed by atoms with E-state index in [-0.39, 0.29) is 29.8 Å². The Morgan fingerprint density at radius 2 is 1.79 bits per heavy atom. The van der Waals surface area contributed by atoms with Gasteiger partial charge in [-0.3, -0.25) is 0 Å². The first kappa shape index (κ1) is 18.5. The largest absolute Gasteiger partial charge is 0.497 e. The zero-order chi connectivity index (χ0) is 19.7. The van der Waals surface area contributed by atoms with E-state index in [1.54, 1.807) is 18.2 Å². The van der Waals surface area contributed by atoms with E-state index in [1.165, 1.54) is 24.6 Å². The first-order chi connectivity index (χ1) is 13.5. The van der Waals surface area contributed by atoms with E-state index in [1.807, 2.05) is 30.3 Å². The summed E-state index contributed by atoms with van der Waals surface area (Å²) in [5, 5.41) is 1.03. The molecule has 3 aromatic rings. The fraction of sp³-hybridized carbons (Fsp3) is 0.250. The van der Waals surface area contributed by atoms with Crippen LogP contribution in [0, 0.1) is 0 Å². The molecule has 1 aliphatic rings. The molecule has 0 bridgehead atoms. The summed E-state index contributed by atoms with van der Waals surface area (Å²) in [6, 6.07) is 16.1. The lowest BCUT2D eigenvalue weighted by atomic mass is 10.2. The van der Waals surface area contributed by atoms with Gasteiger partial charge in [0.1, 0.15) is 22.5 Å². The van der Waals surface area contributed by atoms with Gasteiger partial charge in [0.05, 0.1) is 32.8 Å². The molecule has 7 nitrogen and oxygen atoms in total. The minimum atomic E-state index is -3.68. The van der Waals surface area contributed by atoms with Crippen LogP contribution in [0.2, 0.25) is 0 Å². The number of benzene rings is 2. The number of pyridine rings is 1. The molecule has 0 unspecified atom stereocenters. The van der Waals surface area contributed by atoms with Crippen molar-refractivity contribution >= 4 is 20.9 Å². The van der Waals surface area contributed by atoms with Crippen molar-refractivity contribution in [3.05, 3.63) is 54.6 Å². The molecule has 0 spiro atoms. The highest BCUT2D eigenvalue weighted by molar-refractivity contribution is 7.89. The second-order valence-corrected chi connectivity index (χ2v) is 8.33. The SMILES string of the molecule is COc1ccc(S(=O)(=O)N2CC(Oc3ccc4ccccc4n3)C2)c(OC)c1. The van der Waals surface area contributed by atoms with Crippen molar-refractivity contribution in [1.29, 1.82) is 0 Å². The fourth-order valence-electron chi connectivity index (χ4n) is 3.08. The van der Waals surface area contributed by atoms with Crippen molar-refractivity contribution in [3.63, 3.8) is 0 Å². The van der Waals surface area contributed by atoms with Gasteiger partial charge in [0.25, 0.3) is 0 Å². The number of fused-ring (bicyclic) bond motifs is 1. The Bertz CT molecular complexity index is 1110. The van der Waals surface area contributed by atoms with Gasteiger partial charge < -0.3 is 14.2 Å². The molecule has 4 rings (SSSR count). The van der Waals surface area contributed by atoms with Crippen LogP contribution in [0.1, 0.15) is 0 Å². The van der Waals surface area contributed by atoms with Crippen molar-refractivity contribution in [1.82, 2.24) is 9.29 Å². The van der Waals surface area contributed by atoms with Gasteiger partial charge in [0.15, 0.2) is 0 Å². The van der Waals surface area contributed by atoms with Gasteiger partial charge >= 0.3 is 0 Å². The molecule has 8 heteroatoms. The summed E-state index contributed by atoms with van der Waals surface area (Å²) in [5.41, 5.74) is 0.840. The lowest BCUT2D eigenvalue weighted by molar-refractivity contribution is 0.0723. The van der Waals surface area contributed by atoms with Crippen LogP contribution in [0.5, 0.6) is 17.4 Å². The fourth-order valence-corrected chi connectivity index (χ4v) is 4.72. The predicted molar refractivity (Wildman–Crippen MR) is 104 cm³/mol. The second-order valence-electron chi connectivity index (χ2n) is 6.42. The van der Waals surface area contributed by atoms with E-state index in [2.05, 4.69) is 4.98 Å². The van der Waals surface area contributed by atoms with Crippen LogP contribution < -0.4 is 14.2 Å². The van der Waals surface area contributed by atoms with Crippen LogP contribution in [0.15, 0.2) is 59.5 Å². The van der Waals surface area contributed by atoms with Crippen LogP contribution in [0.4, 0.5) is 0 Å². The summed E-state index contributed by atoms with van der Waals surface area (Å²) in [6.07, 6.45) is -0.243. The molecule has 0 amide bonds. The number of hydrogen-bond donors (Lipinski definition) is 0. The summed E-state index contributed by atoms with van der Waals surface area (Å²) in [7, 11) is -0.731. The molecule has 28 heavy (non-hydrogen) atoms. The smallest absolute Gasteiger partial charge is 0.247 e. The highest BCUT2D eigenvalue weighted by Crippen LogP contribution is 2.33. The highest BCUT2D eigenvalue weighted by Gasteiger charge is 2.39. The Morgan fingerprint density at radius 3 is 2.54 bits per heavy atom. The highest BCUT2D eigenvalue weighted by atomic mass is 32.2. The van der Waals surface area contributed by atoms with Gasteiger partial charge in [-0.2, -0.15) is 4.31 Å². The minimum Gasteiger partial charge on any atom is -0.497 e. The summed E-state index contributed by atoms with van der Waals surface area (Å²) in [5.74, 6) is 1.27. The summed E-state index contributed by atoms with van der Waals surface area (Å²) < 4.78 is 43.4. The van der Waals surface area contributed by atoms with E-state index in [0.29, 0.717) is 11.6 Å². The number of nitrogens with zero attached hydrogens (tertiary/aromatic N) is 2. The van der Waals surface area contributed by atoms with Crippen molar-refractivity contribution in [2.75, 3.05) is 27.3 Å². The molecule has 1 aromatic heterocycles. The lowest BCUT2D eigenvalue weighted by Crippen LogP contribution is -2.56. The number of rotatable bonds is 6. The molecule has 0 saturated carbocycles. The van der Waals surface area contributed by atoms with E-state index in [9.17, 15) is 8.42 Å². The van der Waals surface area contributed by atoms with Gasteiger partial charge in [-0.1, -0.05) is 18.2 Å². The summed E-state index contributed by atoms with van der Waals surface area (Å²) in [4.78, 5) is 4.57. The number of sulfonamides is 1. The van der Waals surface area contributed by atoms with Crippen molar-refractivity contribution in [3.8, 4) is 17.4 Å². The van der Waals surface area contributed by atoms with Crippen LogP contribution in [0.3, 0.4) is 0 Å². The van der Waals surface area contributed by atoms with Gasteiger partial charge in [-0.15, -0.1) is 0 Å². The quantitative estimate of drug-likeness (QED) is 0.633. The normalized spacial score (nSPS) is 15.2. The Labute approximate surface area is 163 Å². The zero-order valence-electron chi connectivity index (χ0n) is 15.5. The summed E-state index contributed by atoms with van der Waals surface area (Å²) >= 11 is 0. The van der Waals surface area contributed by atoms with E-state index >= 15 is 0 Å². The van der Waals surface area contributed by atoms with Crippen molar-refractivity contribution in [2.45, 2.75) is 11.0 Å². The first-order valence-electron chi connectivity index (χ1n) is 8.76. The van der Waals surface area contributed by atoms with Gasteiger partial charge in [0.2, 0.25) is 15.9 Å². The number of methoxy groups -OCH3 is 2. The Kier molecular flexibility index (Phi) is 4.82. The zero-order valence-corrected chi connectivity index (χ0v) is 16.3. The molecular weight excluding hydrogens is 380 g/mol. The number of hydrogen-bond acceptors (Lipinski definition) is 6. The van der Waals surface area contributed by atoms with E-state index in [0.717, 1.165) is 10.9 Å².